The first-order valence-electron chi connectivity index (χ1n) is 6.65. The SMILES string of the molecule is CC(Br)CCCNC(=O)C1Cc2ccccc2C1. The highest BCUT2D eigenvalue weighted by atomic mass is 79.9. The number of hydrogen-bond acceptors (Lipinski definition) is 1. The van der Waals surface area contributed by atoms with Gasteiger partial charge in [0.25, 0.3) is 0 Å². The van der Waals surface area contributed by atoms with Crippen molar-refractivity contribution < 1.29 is 4.79 Å². The van der Waals surface area contributed by atoms with E-state index in [1.165, 1.54) is 11.1 Å². The van der Waals surface area contributed by atoms with Gasteiger partial charge in [-0.2, -0.15) is 0 Å². The predicted octanol–water partition coefficient (Wildman–Crippen LogP) is 3.08. The zero-order chi connectivity index (χ0) is 13.0. The molecule has 0 heterocycles. The van der Waals surface area contributed by atoms with E-state index in [1.54, 1.807) is 0 Å². The summed E-state index contributed by atoms with van der Waals surface area (Å²) in [7, 11) is 0. The van der Waals surface area contributed by atoms with Gasteiger partial charge in [0.1, 0.15) is 0 Å². The molecule has 1 atom stereocenters. The highest BCUT2D eigenvalue weighted by molar-refractivity contribution is 9.09. The van der Waals surface area contributed by atoms with E-state index < -0.39 is 0 Å². The summed E-state index contributed by atoms with van der Waals surface area (Å²) in [6.07, 6.45) is 3.94. The second-order valence-electron chi connectivity index (χ2n) is 5.09. The van der Waals surface area contributed by atoms with Crippen molar-refractivity contribution in [2.75, 3.05) is 6.54 Å². The molecule has 1 aromatic carbocycles. The van der Waals surface area contributed by atoms with E-state index in [0.29, 0.717) is 4.83 Å². The van der Waals surface area contributed by atoms with Gasteiger partial charge in [0.2, 0.25) is 5.91 Å². The molecule has 1 aliphatic carbocycles. The fourth-order valence-corrected chi connectivity index (χ4v) is 2.81. The van der Waals surface area contributed by atoms with E-state index in [1.807, 2.05) is 0 Å². The van der Waals surface area contributed by atoms with Crippen molar-refractivity contribution in [2.45, 2.75) is 37.4 Å². The van der Waals surface area contributed by atoms with Crippen molar-refractivity contribution in [2.24, 2.45) is 5.92 Å². The Balaban J connectivity index is 1.76. The van der Waals surface area contributed by atoms with Crippen LogP contribution < -0.4 is 5.32 Å². The molecule has 0 fully saturated rings. The molecule has 2 rings (SSSR count). The lowest BCUT2D eigenvalue weighted by molar-refractivity contribution is -0.124. The summed E-state index contributed by atoms with van der Waals surface area (Å²) in [6, 6.07) is 8.37. The molecule has 18 heavy (non-hydrogen) atoms. The third-order valence-corrected chi connectivity index (χ3v) is 3.96. The fourth-order valence-electron chi connectivity index (χ4n) is 2.48. The van der Waals surface area contributed by atoms with E-state index in [4.69, 9.17) is 0 Å². The smallest absolute Gasteiger partial charge is 0.223 e. The third kappa shape index (κ3) is 3.58. The lowest BCUT2D eigenvalue weighted by Gasteiger charge is -2.10. The molecule has 0 aromatic heterocycles. The van der Waals surface area contributed by atoms with Crippen LogP contribution in [-0.4, -0.2) is 17.3 Å². The number of hydrogen-bond donors (Lipinski definition) is 1. The zero-order valence-corrected chi connectivity index (χ0v) is 12.4. The number of nitrogens with one attached hydrogen (secondary N) is 1. The van der Waals surface area contributed by atoms with Gasteiger partial charge in [-0.25, -0.2) is 0 Å². The third-order valence-electron chi connectivity index (χ3n) is 3.50. The van der Waals surface area contributed by atoms with Gasteiger partial charge in [0.15, 0.2) is 0 Å². The largest absolute Gasteiger partial charge is 0.356 e. The zero-order valence-electron chi connectivity index (χ0n) is 10.8. The molecule has 1 unspecified atom stereocenters. The fraction of sp³-hybridized carbons (Fsp3) is 0.533. The Labute approximate surface area is 117 Å². The van der Waals surface area contributed by atoms with Gasteiger partial charge in [-0.05, 0) is 36.8 Å². The van der Waals surface area contributed by atoms with Gasteiger partial charge < -0.3 is 5.32 Å². The Hall–Kier alpha value is -0.830. The summed E-state index contributed by atoms with van der Waals surface area (Å²) in [5.74, 6) is 0.359. The summed E-state index contributed by atoms with van der Waals surface area (Å²) < 4.78 is 0. The van der Waals surface area contributed by atoms with E-state index >= 15 is 0 Å². The molecule has 2 nitrogen and oxygen atoms in total. The van der Waals surface area contributed by atoms with Crippen LogP contribution in [0.1, 0.15) is 30.9 Å². The summed E-state index contributed by atoms with van der Waals surface area (Å²) in [5, 5.41) is 3.06. The Morgan fingerprint density at radius 3 is 2.56 bits per heavy atom. The molecule has 0 aliphatic heterocycles. The van der Waals surface area contributed by atoms with Crippen molar-refractivity contribution in [1.29, 1.82) is 0 Å². The predicted molar refractivity (Wildman–Crippen MR) is 78.0 cm³/mol. The van der Waals surface area contributed by atoms with E-state index in [2.05, 4.69) is 52.4 Å². The molecule has 1 amide bonds. The number of carbonyl (C=O) groups excluding carboxylic acids is 1. The van der Waals surface area contributed by atoms with Crippen molar-refractivity contribution in [1.82, 2.24) is 5.32 Å². The Bertz CT molecular complexity index is 392. The van der Waals surface area contributed by atoms with Gasteiger partial charge in [0.05, 0.1) is 0 Å². The van der Waals surface area contributed by atoms with E-state index in [9.17, 15) is 4.79 Å². The van der Waals surface area contributed by atoms with Gasteiger partial charge in [0, 0.05) is 17.3 Å². The highest BCUT2D eigenvalue weighted by Gasteiger charge is 2.26. The first-order chi connectivity index (χ1) is 8.66. The maximum absolute atomic E-state index is 12.0. The second kappa shape index (κ2) is 6.37. The van der Waals surface area contributed by atoms with Crippen molar-refractivity contribution in [3.05, 3.63) is 35.4 Å². The Kier molecular flexibility index (Phi) is 4.81. The number of amides is 1. The van der Waals surface area contributed by atoms with E-state index in [-0.39, 0.29) is 11.8 Å². The molecule has 0 saturated heterocycles. The van der Waals surface area contributed by atoms with Crippen LogP contribution in [-0.2, 0) is 17.6 Å². The summed E-state index contributed by atoms with van der Waals surface area (Å²) in [4.78, 5) is 12.6. The first kappa shape index (κ1) is 13.6. The summed E-state index contributed by atoms with van der Waals surface area (Å²) in [6.45, 7) is 2.93. The molecule has 0 radical (unpaired) electrons. The van der Waals surface area contributed by atoms with Gasteiger partial charge in [-0.1, -0.05) is 47.1 Å². The first-order valence-corrected chi connectivity index (χ1v) is 7.57. The monoisotopic (exact) mass is 309 g/mol. The minimum atomic E-state index is 0.142. The van der Waals surface area contributed by atoms with Crippen molar-refractivity contribution in [3.63, 3.8) is 0 Å². The van der Waals surface area contributed by atoms with Gasteiger partial charge in [-0.15, -0.1) is 0 Å². The van der Waals surface area contributed by atoms with Crippen LogP contribution in [0.4, 0.5) is 0 Å². The van der Waals surface area contributed by atoms with Crippen LogP contribution in [0.25, 0.3) is 0 Å². The van der Waals surface area contributed by atoms with Gasteiger partial charge >= 0.3 is 0 Å². The van der Waals surface area contributed by atoms with Crippen LogP contribution in [0, 0.1) is 5.92 Å². The second-order valence-corrected chi connectivity index (χ2v) is 6.65. The minimum absolute atomic E-state index is 0.142. The molecule has 3 heteroatoms. The molecule has 98 valence electrons. The van der Waals surface area contributed by atoms with E-state index in [0.717, 1.165) is 32.2 Å². The maximum Gasteiger partial charge on any atom is 0.223 e. The van der Waals surface area contributed by atoms with Crippen LogP contribution in [0.5, 0.6) is 0 Å². The highest BCUT2D eigenvalue weighted by Crippen LogP contribution is 2.26. The maximum atomic E-state index is 12.0. The molecular weight excluding hydrogens is 290 g/mol. The molecule has 0 saturated carbocycles. The summed E-state index contributed by atoms with van der Waals surface area (Å²) >= 11 is 3.51. The number of benzene rings is 1. The number of fused-ring (bicyclic) bond motifs is 1. The standard InChI is InChI=1S/C15H20BrNO/c1-11(16)5-4-8-17-15(18)14-9-12-6-2-3-7-13(12)10-14/h2-3,6-7,11,14H,4-5,8-10H2,1H3,(H,17,18). The lowest BCUT2D eigenvalue weighted by atomic mass is 10.1. The van der Waals surface area contributed by atoms with Gasteiger partial charge in [-0.3, -0.25) is 4.79 Å². The molecule has 1 N–H and O–H groups in total. The average molecular weight is 310 g/mol. The topological polar surface area (TPSA) is 29.1 Å². The molecule has 0 spiro atoms. The normalized spacial score (nSPS) is 16.3. The number of halogens is 1. The molecule has 1 aromatic rings. The van der Waals surface area contributed by atoms with Crippen LogP contribution >= 0.6 is 15.9 Å². The van der Waals surface area contributed by atoms with Crippen molar-refractivity contribution >= 4 is 21.8 Å². The molecular formula is C15H20BrNO. The van der Waals surface area contributed by atoms with Crippen molar-refractivity contribution in [3.8, 4) is 0 Å². The quantitative estimate of drug-likeness (QED) is 0.657. The molecule has 1 aliphatic rings. The number of carbonyl (C=O) groups is 1. The number of alkyl halides is 1. The minimum Gasteiger partial charge on any atom is -0.356 e. The lowest BCUT2D eigenvalue weighted by Crippen LogP contribution is -2.32. The Morgan fingerprint density at radius 2 is 2.00 bits per heavy atom. The van der Waals surface area contributed by atoms with Crippen LogP contribution in [0.15, 0.2) is 24.3 Å². The molecule has 0 bridgehead atoms. The summed E-state index contributed by atoms with van der Waals surface area (Å²) in [5.41, 5.74) is 2.68. The van der Waals surface area contributed by atoms with Crippen LogP contribution in [0.2, 0.25) is 0 Å². The Morgan fingerprint density at radius 1 is 1.39 bits per heavy atom. The number of rotatable bonds is 5. The average Bonchev–Trinajstić information content (AvgIpc) is 2.78. The van der Waals surface area contributed by atoms with Crippen LogP contribution in [0.3, 0.4) is 0 Å².